The molecule has 4 heteroatoms. The van der Waals surface area contributed by atoms with Gasteiger partial charge in [-0.3, -0.25) is 9.59 Å². The summed E-state index contributed by atoms with van der Waals surface area (Å²) in [4.78, 5) is 22.2. The van der Waals surface area contributed by atoms with Gasteiger partial charge in [0.25, 0.3) is 0 Å². The Morgan fingerprint density at radius 2 is 1.27 bits per heavy atom. The topological polar surface area (TPSA) is 74.6 Å². The summed E-state index contributed by atoms with van der Waals surface area (Å²) in [7, 11) is 0. The van der Waals surface area contributed by atoms with Crippen molar-refractivity contribution in [1.82, 2.24) is 0 Å². The van der Waals surface area contributed by atoms with Gasteiger partial charge in [-0.25, -0.2) is 0 Å². The lowest BCUT2D eigenvalue weighted by molar-refractivity contribution is -0.157. The van der Waals surface area contributed by atoms with E-state index >= 15 is 0 Å². The number of rotatable bonds is 2. The Balaban J connectivity index is 2.99. The average Bonchev–Trinajstić information content (AvgIpc) is 2.24. The maximum Gasteiger partial charge on any atom is 0.307 e. The molecule has 1 rings (SSSR count). The standard InChI is InChI=1S/C11H18O4/c1-6-4-3-5-7(2)9(11(14)15)8(6)10(12)13/h6-9H,3-5H2,1-2H3,(H,12,13)(H,14,15). The third-order valence-electron chi connectivity index (χ3n) is 3.50. The second-order valence-corrected chi connectivity index (χ2v) is 4.61. The number of carboxylic acids is 2. The first kappa shape index (κ1) is 12.0. The molecule has 1 fully saturated rings. The minimum atomic E-state index is -0.969. The van der Waals surface area contributed by atoms with E-state index in [4.69, 9.17) is 10.2 Å². The van der Waals surface area contributed by atoms with Crippen LogP contribution in [0.2, 0.25) is 0 Å². The number of carbonyl (C=O) groups is 2. The summed E-state index contributed by atoms with van der Waals surface area (Å²) in [6, 6.07) is 0. The summed E-state index contributed by atoms with van der Waals surface area (Å²) in [5.74, 6) is -3.51. The zero-order valence-corrected chi connectivity index (χ0v) is 9.14. The van der Waals surface area contributed by atoms with E-state index in [0.29, 0.717) is 0 Å². The molecule has 0 aliphatic heterocycles. The van der Waals surface area contributed by atoms with Crippen LogP contribution in [0, 0.1) is 23.7 Å². The normalized spacial score (nSPS) is 36.9. The molecule has 86 valence electrons. The number of hydrogen-bond acceptors (Lipinski definition) is 2. The summed E-state index contributed by atoms with van der Waals surface area (Å²) >= 11 is 0. The molecule has 15 heavy (non-hydrogen) atoms. The van der Waals surface area contributed by atoms with Crippen LogP contribution < -0.4 is 0 Å². The van der Waals surface area contributed by atoms with Gasteiger partial charge in [0.1, 0.15) is 0 Å². The van der Waals surface area contributed by atoms with Crippen molar-refractivity contribution in [3.8, 4) is 0 Å². The minimum absolute atomic E-state index is 0.0476. The molecule has 0 aromatic carbocycles. The summed E-state index contributed by atoms with van der Waals surface area (Å²) in [5.41, 5.74) is 0. The van der Waals surface area contributed by atoms with Crippen LogP contribution in [0.25, 0.3) is 0 Å². The van der Waals surface area contributed by atoms with Crippen molar-refractivity contribution in [3.05, 3.63) is 0 Å². The van der Waals surface area contributed by atoms with Gasteiger partial charge in [0.05, 0.1) is 11.8 Å². The van der Waals surface area contributed by atoms with E-state index < -0.39 is 23.8 Å². The maximum absolute atomic E-state index is 11.1. The van der Waals surface area contributed by atoms with E-state index in [9.17, 15) is 9.59 Å². The first-order valence-electron chi connectivity index (χ1n) is 5.40. The van der Waals surface area contributed by atoms with Gasteiger partial charge in [0, 0.05) is 0 Å². The largest absolute Gasteiger partial charge is 0.481 e. The van der Waals surface area contributed by atoms with Gasteiger partial charge in [0.2, 0.25) is 0 Å². The van der Waals surface area contributed by atoms with Crippen LogP contribution in [0.3, 0.4) is 0 Å². The van der Waals surface area contributed by atoms with Crippen LogP contribution in [0.1, 0.15) is 33.1 Å². The molecule has 4 nitrogen and oxygen atoms in total. The lowest BCUT2D eigenvalue weighted by atomic mass is 9.77. The Bertz CT molecular complexity index is 235. The van der Waals surface area contributed by atoms with Gasteiger partial charge in [-0.15, -0.1) is 0 Å². The second-order valence-electron chi connectivity index (χ2n) is 4.61. The van der Waals surface area contributed by atoms with Gasteiger partial charge < -0.3 is 10.2 Å². The predicted octanol–water partition coefficient (Wildman–Crippen LogP) is 1.84. The Hall–Kier alpha value is -1.06. The molecule has 0 bridgehead atoms. The van der Waals surface area contributed by atoms with Gasteiger partial charge in [-0.2, -0.15) is 0 Å². The number of carboxylic acid groups (broad SMARTS) is 2. The predicted molar refractivity (Wildman–Crippen MR) is 54.4 cm³/mol. The smallest absolute Gasteiger partial charge is 0.307 e. The van der Waals surface area contributed by atoms with Crippen molar-refractivity contribution < 1.29 is 19.8 Å². The van der Waals surface area contributed by atoms with E-state index in [1.54, 1.807) is 0 Å². The fraction of sp³-hybridized carbons (Fsp3) is 0.818. The maximum atomic E-state index is 11.1. The molecule has 1 aliphatic carbocycles. The molecule has 0 radical (unpaired) electrons. The monoisotopic (exact) mass is 214 g/mol. The SMILES string of the molecule is CC1CCCC(C)C(C(=O)O)C1C(=O)O. The van der Waals surface area contributed by atoms with Crippen LogP contribution in [0.15, 0.2) is 0 Å². The van der Waals surface area contributed by atoms with Crippen LogP contribution in [-0.2, 0) is 9.59 Å². The molecule has 1 saturated carbocycles. The highest BCUT2D eigenvalue weighted by Gasteiger charge is 2.42. The Morgan fingerprint density at radius 3 is 1.53 bits per heavy atom. The summed E-state index contributed by atoms with van der Waals surface area (Å²) in [6.45, 7) is 3.68. The molecule has 4 atom stereocenters. The lowest BCUT2D eigenvalue weighted by Gasteiger charge is -2.26. The molecule has 0 aromatic heterocycles. The quantitative estimate of drug-likeness (QED) is 0.688. The molecular formula is C11H18O4. The first-order chi connectivity index (χ1) is 6.95. The molecule has 0 heterocycles. The Labute approximate surface area is 89.3 Å². The highest BCUT2D eigenvalue weighted by atomic mass is 16.4. The molecule has 0 saturated heterocycles. The van der Waals surface area contributed by atoms with Gasteiger partial charge in [-0.05, 0) is 24.7 Å². The van der Waals surface area contributed by atoms with Crippen molar-refractivity contribution in [1.29, 1.82) is 0 Å². The third-order valence-corrected chi connectivity index (χ3v) is 3.50. The van der Waals surface area contributed by atoms with Crippen molar-refractivity contribution in [2.24, 2.45) is 23.7 Å². The van der Waals surface area contributed by atoms with E-state index in [1.165, 1.54) is 0 Å². The second kappa shape index (κ2) is 4.64. The molecule has 0 aromatic rings. The van der Waals surface area contributed by atoms with E-state index in [-0.39, 0.29) is 11.8 Å². The molecule has 0 amide bonds. The highest BCUT2D eigenvalue weighted by molar-refractivity contribution is 5.80. The molecule has 4 unspecified atom stereocenters. The van der Waals surface area contributed by atoms with E-state index in [2.05, 4.69) is 0 Å². The van der Waals surface area contributed by atoms with E-state index in [0.717, 1.165) is 19.3 Å². The molecule has 0 spiro atoms. The fourth-order valence-electron chi connectivity index (χ4n) is 2.62. The van der Waals surface area contributed by atoms with Crippen molar-refractivity contribution in [2.45, 2.75) is 33.1 Å². The highest BCUT2D eigenvalue weighted by Crippen LogP contribution is 2.37. The Kier molecular flexibility index (Phi) is 3.72. The van der Waals surface area contributed by atoms with Crippen molar-refractivity contribution in [3.63, 3.8) is 0 Å². The third kappa shape index (κ3) is 2.49. The molecule has 1 aliphatic rings. The molecular weight excluding hydrogens is 196 g/mol. The zero-order valence-electron chi connectivity index (χ0n) is 9.14. The minimum Gasteiger partial charge on any atom is -0.481 e. The van der Waals surface area contributed by atoms with Crippen molar-refractivity contribution >= 4 is 11.9 Å². The van der Waals surface area contributed by atoms with Gasteiger partial charge >= 0.3 is 11.9 Å². The van der Waals surface area contributed by atoms with E-state index in [1.807, 2.05) is 13.8 Å². The average molecular weight is 214 g/mol. The van der Waals surface area contributed by atoms with Gasteiger partial charge in [0.15, 0.2) is 0 Å². The van der Waals surface area contributed by atoms with Crippen LogP contribution in [0.5, 0.6) is 0 Å². The Morgan fingerprint density at radius 1 is 0.933 bits per heavy atom. The lowest BCUT2D eigenvalue weighted by Crippen LogP contribution is -2.36. The number of hydrogen-bond donors (Lipinski definition) is 2. The fourth-order valence-corrected chi connectivity index (χ4v) is 2.62. The van der Waals surface area contributed by atoms with Gasteiger partial charge in [-0.1, -0.05) is 20.3 Å². The summed E-state index contributed by atoms with van der Waals surface area (Å²) in [6.07, 6.45) is 2.55. The summed E-state index contributed by atoms with van der Waals surface area (Å²) < 4.78 is 0. The van der Waals surface area contributed by atoms with Crippen molar-refractivity contribution in [2.75, 3.05) is 0 Å². The molecule has 2 N–H and O–H groups in total. The van der Waals surface area contributed by atoms with Crippen LogP contribution in [0.4, 0.5) is 0 Å². The zero-order chi connectivity index (χ0) is 11.6. The summed E-state index contributed by atoms with van der Waals surface area (Å²) in [5, 5.41) is 18.2. The first-order valence-corrected chi connectivity index (χ1v) is 5.40. The van der Waals surface area contributed by atoms with Crippen LogP contribution in [-0.4, -0.2) is 22.2 Å². The number of aliphatic carboxylic acids is 2. The van der Waals surface area contributed by atoms with Crippen LogP contribution >= 0.6 is 0 Å².